The molecule has 0 atom stereocenters. The topological polar surface area (TPSA) is 3.24 Å². The minimum absolute atomic E-state index is 0.238. The van der Waals surface area contributed by atoms with E-state index < -0.39 is 23.1 Å². The third-order valence-corrected chi connectivity index (χ3v) is 0.756. The van der Waals surface area contributed by atoms with Gasteiger partial charge in [-0.2, -0.15) is 22.0 Å². The summed E-state index contributed by atoms with van der Waals surface area (Å²) < 4.78 is 68.5. The molecule has 0 heterocycles. The van der Waals surface area contributed by atoms with Crippen LogP contribution in [0.1, 0.15) is 0 Å². The van der Waals surface area contributed by atoms with Crippen molar-refractivity contribution in [3.05, 3.63) is 11.8 Å². The van der Waals surface area contributed by atoms with E-state index in [9.17, 15) is 26.4 Å². The molecule has 7 heteroatoms. The first kappa shape index (κ1) is 10.1. The van der Waals surface area contributed by atoms with E-state index in [1.54, 1.807) is 0 Å². The zero-order chi connectivity index (χ0) is 9.23. The van der Waals surface area contributed by atoms with Gasteiger partial charge in [0.2, 0.25) is 5.70 Å². The molecule has 0 aromatic rings. The number of hydrogen-bond donors (Lipinski definition) is 0. The van der Waals surface area contributed by atoms with Crippen molar-refractivity contribution in [3.8, 4) is 0 Å². The van der Waals surface area contributed by atoms with Crippen molar-refractivity contribution in [1.82, 2.24) is 5.12 Å². The molecule has 0 aromatic carbocycles. The molecule has 0 aliphatic rings. The fraction of sp³-hybridized carbons (Fsp3) is 0.500. The third kappa shape index (κ3) is 2.69. The summed E-state index contributed by atoms with van der Waals surface area (Å²) in [6.45, 7) is 0. The van der Waals surface area contributed by atoms with Crippen LogP contribution in [-0.2, 0) is 0 Å². The molecule has 0 fully saturated rings. The SMILES string of the molecule is CN(F)C(=C(F)F)C(F)(F)F. The number of alkyl halides is 3. The van der Waals surface area contributed by atoms with Crippen molar-refractivity contribution < 1.29 is 26.4 Å². The highest BCUT2D eigenvalue weighted by Crippen LogP contribution is 2.31. The number of allylic oxidation sites excluding steroid dienone is 1. The van der Waals surface area contributed by atoms with Crippen LogP contribution < -0.4 is 0 Å². The molecule has 0 saturated heterocycles. The van der Waals surface area contributed by atoms with Crippen molar-refractivity contribution in [3.63, 3.8) is 0 Å². The van der Waals surface area contributed by atoms with Crippen molar-refractivity contribution in [2.45, 2.75) is 6.18 Å². The summed E-state index contributed by atoms with van der Waals surface area (Å²) in [5, 5.41) is -1.17. The minimum Gasteiger partial charge on any atom is -0.204 e. The molecule has 0 aromatic heterocycles. The molecule has 0 radical (unpaired) electrons. The van der Waals surface area contributed by atoms with Crippen LogP contribution in [0.25, 0.3) is 0 Å². The van der Waals surface area contributed by atoms with Gasteiger partial charge in [0, 0.05) is 7.05 Å². The maximum Gasteiger partial charge on any atom is 0.439 e. The van der Waals surface area contributed by atoms with Gasteiger partial charge < -0.3 is 0 Å². The smallest absolute Gasteiger partial charge is 0.204 e. The van der Waals surface area contributed by atoms with Crippen LogP contribution in [0.4, 0.5) is 26.4 Å². The van der Waals surface area contributed by atoms with Gasteiger partial charge >= 0.3 is 12.3 Å². The van der Waals surface area contributed by atoms with E-state index in [1.807, 2.05) is 0 Å². The second-order valence-corrected chi connectivity index (χ2v) is 1.58. The molecular weight excluding hydrogens is 176 g/mol. The van der Waals surface area contributed by atoms with Gasteiger partial charge in [0.15, 0.2) is 0 Å². The zero-order valence-electron chi connectivity index (χ0n) is 5.22. The Balaban J connectivity index is 4.80. The van der Waals surface area contributed by atoms with E-state index in [1.165, 1.54) is 0 Å². The summed E-state index contributed by atoms with van der Waals surface area (Å²) in [6.07, 6.45) is -8.45. The van der Waals surface area contributed by atoms with E-state index in [-0.39, 0.29) is 7.05 Å². The largest absolute Gasteiger partial charge is 0.439 e. The summed E-state index contributed by atoms with van der Waals surface area (Å²) >= 11 is 0. The van der Waals surface area contributed by atoms with Crippen molar-refractivity contribution in [2.24, 2.45) is 0 Å². The molecule has 0 unspecified atom stereocenters. The Labute approximate surface area is 57.8 Å². The summed E-state index contributed by atoms with van der Waals surface area (Å²) in [6, 6.07) is 0. The minimum atomic E-state index is -5.36. The van der Waals surface area contributed by atoms with Crippen LogP contribution in [0.15, 0.2) is 11.8 Å². The van der Waals surface area contributed by atoms with Crippen molar-refractivity contribution >= 4 is 0 Å². The van der Waals surface area contributed by atoms with Gasteiger partial charge in [0.05, 0.1) is 0 Å². The van der Waals surface area contributed by atoms with E-state index >= 15 is 0 Å². The second-order valence-electron chi connectivity index (χ2n) is 1.58. The quantitative estimate of drug-likeness (QED) is 0.441. The predicted molar refractivity (Wildman–Crippen MR) is 24.2 cm³/mol. The average molecular weight is 179 g/mol. The lowest BCUT2D eigenvalue weighted by atomic mass is 10.5. The molecule has 1 nitrogen and oxygen atoms in total. The first-order valence-electron chi connectivity index (χ1n) is 2.28. The Morgan fingerprint density at radius 2 is 1.55 bits per heavy atom. The molecule has 0 rings (SSSR count). The standard InChI is InChI=1S/C4H3F6N/c1-11(10)2(3(5)6)4(7,8)9/h1H3. The molecule has 0 bridgehead atoms. The number of rotatable bonds is 1. The van der Waals surface area contributed by atoms with Gasteiger partial charge in [0.25, 0.3) is 0 Å². The van der Waals surface area contributed by atoms with E-state index in [2.05, 4.69) is 0 Å². The summed E-state index contributed by atoms with van der Waals surface area (Å²) in [5.74, 6) is 0. The maximum absolute atomic E-state index is 11.7. The highest BCUT2D eigenvalue weighted by atomic mass is 19.4. The first-order chi connectivity index (χ1) is 4.76. The highest BCUT2D eigenvalue weighted by molar-refractivity contribution is 5.05. The van der Waals surface area contributed by atoms with Gasteiger partial charge in [0.1, 0.15) is 0 Å². The normalized spacial score (nSPS) is 11.2. The molecule has 0 saturated carbocycles. The van der Waals surface area contributed by atoms with Crippen LogP contribution in [0, 0.1) is 0 Å². The fourth-order valence-electron chi connectivity index (χ4n) is 0.398. The second kappa shape index (κ2) is 3.02. The van der Waals surface area contributed by atoms with E-state index in [0.717, 1.165) is 0 Å². The van der Waals surface area contributed by atoms with Crippen LogP contribution in [0.2, 0.25) is 0 Å². The van der Waals surface area contributed by atoms with Crippen molar-refractivity contribution in [1.29, 1.82) is 0 Å². The zero-order valence-corrected chi connectivity index (χ0v) is 5.22. The Bertz CT molecular complexity index is 164. The Kier molecular flexibility index (Phi) is 2.77. The Morgan fingerprint density at radius 3 is 1.55 bits per heavy atom. The molecule has 0 N–H and O–H groups in total. The molecule has 0 aliphatic heterocycles. The lowest BCUT2D eigenvalue weighted by Crippen LogP contribution is -2.23. The molecule has 11 heavy (non-hydrogen) atoms. The van der Waals surface area contributed by atoms with Gasteiger partial charge in [-0.1, -0.05) is 0 Å². The number of halogens is 6. The number of nitrogens with zero attached hydrogens (tertiary/aromatic N) is 1. The van der Waals surface area contributed by atoms with E-state index in [4.69, 9.17) is 0 Å². The lowest BCUT2D eigenvalue weighted by molar-refractivity contribution is -0.134. The summed E-state index contributed by atoms with van der Waals surface area (Å²) in [7, 11) is 0.238. The molecule has 66 valence electrons. The average Bonchev–Trinajstić information content (AvgIpc) is 1.54. The summed E-state index contributed by atoms with van der Waals surface area (Å²) in [5.41, 5.74) is -2.57. The van der Waals surface area contributed by atoms with E-state index in [0.29, 0.717) is 0 Å². The third-order valence-electron chi connectivity index (χ3n) is 0.756. The van der Waals surface area contributed by atoms with Gasteiger partial charge in [-0.15, -0.1) is 4.48 Å². The number of hydrogen-bond acceptors (Lipinski definition) is 1. The Hall–Kier alpha value is -0.880. The van der Waals surface area contributed by atoms with Crippen LogP contribution in [0.3, 0.4) is 0 Å². The van der Waals surface area contributed by atoms with Crippen LogP contribution in [0.5, 0.6) is 0 Å². The van der Waals surface area contributed by atoms with Gasteiger partial charge in [-0.3, -0.25) is 0 Å². The molecule has 0 aliphatic carbocycles. The lowest BCUT2D eigenvalue weighted by Gasteiger charge is -2.13. The van der Waals surface area contributed by atoms with Gasteiger partial charge in [-0.25, -0.2) is 5.12 Å². The van der Waals surface area contributed by atoms with Crippen LogP contribution in [-0.4, -0.2) is 18.3 Å². The summed E-state index contributed by atoms with van der Waals surface area (Å²) in [4.78, 5) is 0. The predicted octanol–water partition coefficient (Wildman–Crippen LogP) is 2.47. The van der Waals surface area contributed by atoms with Crippen molar-refractivity contribution in [2.75, 3.05) is 7.05 Å². The molecule has 0 amide bonds. The van der Waals surface area contributed by atoms with Gasteiger partial charge in [-0.05, 0) is 0 Å². The van der Waals surface area contributed by atoms with Crippen LogP contribution >= 0.6 is 0 Å². The first-order valence-corrected chi connectivity index (χ1v) is 2.28. The monoisotopic (exact) mass is 179 g/mol. The Morgan fingerprint density at radius 1 is 1.18 bits per heavy atom. The highest BCUT2D eigenvalue weighted by Gasteiger charge is 2.41. The molecule has 0 spiro atoms. The maximum atomic E-state index is 11.7. The fourth-order valence-corrected chi connectivity index (χ4v) is 0.398. The molecular formula is C4H3F6N.